The molecule has 0 heterocycles. The predicted molar refractivity (Wildman–Crippen MR) is 112 cm³/mol. The maximum atomic E-state index is 3.56. The van der Waals surface area contributed by atoms with Crippen molar-refractivity contribution >= 4 is 0 Å². The fourth-order valence-electron chi connectivity index (χ4n) is 2.86. The van der Waals surface area contributed by atoms with E-state index in [1.165, 1.54) is 103 Å². The van der Waals surface area contributed by atoms with Crippen molar-refractivity contribution in [1.82, 2.24) is 5.32 Å². The first kappa shape index (κ1) is 23.4. The van der Waals surface area contributed by atoms with E-state index in [9.17, 15) is 0 Å². The molecule has 0 rings (SSSR count). The highest BCUT2D eigenvalue weighted by molar-refractivity contribution is 4.92. The average molecular weight is 336 g/mol. The molecule has 0 aromatic carbocycles. The van der Waals surface area contributed by atoms with Gasteiger partial charge in [0.15, 0.2) is 0 Å². The van der Waals surface area contributed by atoms with Crippen LogP contribution in [0.25, 0.3) is 0 Å². The molecule has 24 heavy (non-hydrogen) atoms. The van der Waals surface area contributed by atoms with Gasteiger partial charge in [-0.05, 0) is 58.0 Å². The molecule has 0 fully saturated rings. The molecule has 0 aromatic rings. The maximum Gasteiger partial charge on any atom is -0.00489 e. The maximum absolute atomic E-state index is 3.56. The third kappa shape index (κ3) is 21.4. The van der Waals surface area contributed by atoms with E-state index in [0.29, 0.717) is 0 Å². The highest BCUT2D eigenvalue weighted by atomic mass is 14.8. The van der Waals surface area contributed by atoms with Gasteiger partial charge in [-0.15, -0.1) is 0 Å². The summed E-state index contributed by atoms with van der Waals surface area (Å²) in [5, 5.41) is 3.56. The third-order valence-corrected chi connectivity index (χ3v) is 4.51. The molecule has 0 radical (unpaired) electrons. The summed E-state index contributed by atoms with van der Waals surface area (Å²) in [5.41, 5.74) is 0. The molecule has 1 nitrogen and oxygen atoms in total. The van der Waals surface area contributed by atoms with Gasteiger partial charge in [0.2, 0.25) is 0 Å². The summed E-state index contributed by atoms with van der Waals surface area (Å²) >= 11 is 0. The van der Waals surface area contributed by atoms with Crippen molar-refractivity contribution in [3.05, 3.63) is 24.3 Å². The highest BCUT2D eigenvalue weighted by Crippen LogP contribution is 2.08. The van der Waals surface area contributed by atoms with Gasteiger partial charge in [-0.2, -0.15) is 0 Å². The minimum absolute atomic E-state index is 1.12. The molecule has 0 aliphatic heterocycles. The Balaban J connectivity index is 3.10. The van der Waals surface area contributed by atoms with Crippen LogP contribution < -0.4 is 5.32 Å². The van der Waals surface area contributed by atoms with Gasteiger partial charge in [-0.3, -0.25) is 0 Å². The Labute approximate surface area is 153 Å². The van der Waals surface area contributed by atoms with E-state index >= 15 is 0 Å². The van der Waals surface area contributed by atoms with Crippen LogP contribution in [0.5, 0.6) is 0 Å². The Morgan fingerprint density at radius 1 is 0.500 bits per heavy atom. The van der Waals surface area contributed by atoms with Crippen LogP contribution in [-0.4, -0.2) is 13.1 Å². The van der Waals surface area contributed by atoms with Gasteiger partial charge in [0, 0.05) is 0 Å². The molecule has 0 bridgehead atoms. The van der Waals surface area contributed by atoms with Crippen LogP contribution in [0.4, 0.5) is 0 Å². The van der Waals surface area contributed by atoms with Crippen LogP contribution in [0, 0.1) is 0 Å². The van der Waals surface area contributed by atoms with E-state index in [1.54, 1.807) is 0 Å². The standard InChI is InChI=1S/C23H45N/c1-3-5-7-8-9-10-11-12-13-14-15-16-17-18-19-21-23-24-22-20-6-4-2/h9-10,12-13,24H,3-8,11,14-23H2,1-2H3/b10-9-,13-12-. The zero-order chi connectivity index (χ0) is 17.6. The molecule has 142 valence electrons. The van der Waals surface area contributed by atoms with Gasteiger partial charge in [0.1, 0.15) is 0 Å². The molecular formula is C23H45N. The molecule has 0 amide bonds. The van der Waals surface area contributed by atoms with Crippen LogP contribution in [0.15, 0.2) is 24.3 Å². The highest BCUT2D eigenvalue weighted by Gasteiger charge is 1.91. The molecule has 1 N–H and O–H groups in total. The van der Waals surface area contributed by atoms with Crippen molar-refractivity contribution in [3.63, 3.8) is 0 Å². The second-order valence-corrected chi connectivity index (χ2v) is 7.04. The molecular weight excluding hydrogens is 290 g/mol. The summed E-state index contributed by atoms with van der Waals surface area (Å²) in [6.45, 7) is 6.97. The SMILES string of the molecule is CCCCC/C=C\C/C=C\CCCCCCCCNCCCCC. The van der Waals surface area contributed by atoms with Crippen molar-refractivity contribution in [2.24, 2.45) is 0 Å². The van der Waals surface area contributed by atoms with Crippen LogP contribution >= 0.6 is 0 Å². The lowest BCUT2D eigenvalue weighted by molar-refractivity contribution is 0.553. The van der Waals surface area contributed by atoms with E-state index in [4.69, 9.17) is 0 Å². The molecule has 0 saturated heterocycles. The predicted octanol–water partition coefficient (Wildman–Crippen LogP) is 7.58. The van der Waals surface area contributed by atoms with Crippen molar-refractivity contribution in [2.45, 2.75) is 110 Å². The monoisotopic (exact) mass is 335 g/mol. The number of unbranched alkanes of at least 4 members (excludes halogenated alkanes) is 11. The average Bonchev–Trinajstić information content (AvgIpc) is 2.60. The Hall–Kier alpha value is -0.560. The summed E-state index contributed by atoms with van der Waals surface area (Å²) in [7, 11) is 0. The summed E-state index contributed by atoms with van der Waals surface area (Å²) in [4.78, 5) is 0. The Kier molecular flexibility index (Phi) is 21.9. The summed E-state index contributed by atoms with van der Waals surface area (Å²) < 4.78 is 0. The summed E-state index contributed by atoms with van der Waals surface area (Å²) in [6.07, 6.45) is 29.5. The van der Waals surface area contributed by atoms with Gasteiger partial charge in [-0.1, -0.05) is 89.5 Å². The molecule has 0 saturated carbocycles. The number of hydrogen-bond acceptors (Lipinski definition) is 1. The lowest BCUT2D eigenvalue weighted by Crippen LogP contribution is -2.16. The van der Waals surface area contributed by atoms with Crippen LogP contribution in [0.2, 0.25) is 0 Å². The van der Waals surface area contributed by atoms with Crippen LogP contribution in [0.3, 0.4) is 0 Å². The van der Waals surface area contributed by atoms with E-state index < -0.39 is 0 Å². The van der Waals surface area contributed by atoms with E-state index in [-0.39, 0.29) is 0 Å². The van der Waals surface area contributed by atoms with Crippen LogP contribution in [-0.2, 0) is 0 Å². The second kappa shape index (κ2) is 22.4. The first-order chi connectivity index (χ1) is 11.9. The number of rotatable bonds is 19. The number of allylic oxidation sites excluding steroid dienone is 4. The first-order valence-electron chi connectivity index (χ1n) is 10.9. The van der Waals surface area contributed by atoms with Gasteiger partial charge in [0.25, 0.3) is 0 Å². The minimum Gasteiger partial charge on any atom is -0.317 e. The third-order valence-electron chi connectivity index (χ3n) is 4.51. The Bertz CT molecular complexity index is 267. The zero-order valence-electron chi connectivity index (χ0n) is 16.8. The zero-order valence-corrected chi connectivity index (χ0v) is 16.8. The lowest BCUT2D eigenvalue weighted by Gasteiger charge is -2.04. The van der Waals surface area contributed by atoms with Crippen molar-refractivity contribution in [3.8, 4) is 0 Å². The fourth-order valence-corrected chi connectivity index (χ4v) is 2.86. The van der Waals surface area contributed by atoms with Crippen molar-refractivity contribution < 1.29 is 0 Å². The Morgan fingerprint density at radius 2 is 0.958 bits per heavy atom. The Morgan fingerprint density at radius 3 is 1.58 bits per heavy atom. The van der Waals surface area contributed by atoms with Gasteiger partial charge in [-0.25, -0.2) is 0 Å². The first-order valence-corrected chi connectivity index (χ1v) is 10.9. The van der Waals surface area contributed by atoms with Gasteiger partial charge >= 0.3 is 0 Å². The van der Waals surface area contributed by atoms with Gasteiger partial charge < -0.3 is 5.32 Å². The largest absolute Gasteiger partial charge is 0.317 e. The summed E-state index contributed by atoms with van der Waals surface area (Å²) in [5.74, 6) is 0. The number of hydrogen-bond donors (Lipinski definition) is 1. The van der Waals surface area contributed by atoms with E-state index in [1.807, 2.05) is 0 Å². The quantitative estimate of drug-likeness (QED) is 0.189. The second-order valence-electron chi connectivity index (χ2n) is 7.04. The number of nitrogens with one attached hydrogen (secondary N) is 1. The molecule has 0 spiro atoms. The van der Waals surface area contributed by atoms with Crippen LogP contribution in [0.1, 0.15) is 110 Å². The van der Waals surface area contributed by atoms with Crippen molar-refractivity contribution in [2.75, 3.05) is 13.1 Å². The summed E-state index contributed by atoms with van der Waals surface area (Å²) in [6, 6.07) is 0. The molecule has 0 unspecified atom stereocenters. The van der Waals surface area contributed by atoms with Gasteiger partial charge in [0.05, 0.1) is 0 Å². The molecule has 0 aliphatic carbocycles. The fraction of sp³-hybridized carbons (Fsp3) is 0.826. The molecule has 0 atom stereocenters. The molecule has 1 heteroatoms. The normalized spacial score (nSPS) is 11.9. The minimum atomic E-state index is 1.12. The molecule has 0 aromatic heterocycles. The van der Waals surface area contributed by atoms with Crippen molar-refractivity contribution in [1.29, 1.82) is 0 Å². The smallest absolute Gasteiger partial charge is 0.00489 e. The van der Waals surface area contributed by atoms with E-state index in [2.05, 4.69) is 43.5 Å². The van der Waals surface area contributed by atoms with E-state index in [0.717, 1.165) is 6.42 Å². The topological polar surface area (TPSA) is 12.0 Å². The molecule has 0 aliphatic rings. The lowest BCUT2D eigenvalue weighted by atomic mass is 10.1.